The fraction of sp³-hybridized carbons (Fsp3) is 0.417. The maximum Gasteiger partial charge on any atom is 0.208 e. The third kappa shape index (κ3) is 5.51. The molecule has 0 amide bonds. The van der Waals surface area contributed by atoms with Crippen LogP contribution in [0.1, 0.15) is 12.0 Å². The van der Waals surface area contributed by atoms with Gasteiger partial charge in [-0.3, -0.25) is 0 Å². The summed E-state index contributed by atoms with van der Waals surface area (Å²) in [7, 11) is -3.13. The Morgan fingerprint density at radius 1 is 1.37 bits per heavy atom. The second-order valence-corrected chi connectivity index (χ2v) is 6.62. The summed E-state index contributed by atoms with van der Waals surface area (Å²) in [6.07, 6.45) is 3.72. The summed E-state index contributed by atoms with van der Waals surface area (Å²) in [4.78, 5) is 0.932. The van der Waals surface area contributed by atoms with Crippen LogP contribution in [-0.4, -0.2) is 34.0 Å². The van der Waals surface area contributed by atoms with Crippen LogP contribution in [0, 0.1) is 11.3 Å². The molecule has 0 aliphatic heterocycles. The molecule has 0 saturated carbocycles. The highest BCUT2D eigenvalue weighted by Crippen LogP contribution is 2.26. The number of rotatable bonds is 7. The molecule has 5 nitrogen and oxygen atoms in total. The molecule has 0 spiro atoms. The number of hydrogen-bond acceptors (Lipinski definition) is 5. The molecule has 1 aromatic carbocycles. The number of hydrogen-bond donors (Lipinski definition) is 2. The largest absolute Gasteiger partial charge is 0.384 e. The molecule has 1 aromatic rings. The van der Waals surface area contributed by atoms with E-state index in [1.54, 1.807) is 0 Å². The lowest BCUT2D eigenvalue weighted by Gasteiger charge is -2.10. The molecule has 104 valence electrons. The minimum atomic E-state index is -3.13. The van der Waals surface area contributed by atoms with Gasteiger partial charge in [0.1, 0.15) is 6.07 Å². The first kappa shape index (κ1) is 15.8. The predicted octanol–water partition coefficient (Wildman–Crippen LogP) is 1.63. The normalized spacial score (nSPS) is 11.0. The molecule has 0 atom stereocenters. The van der Waals surface area contributed by atoms with Crippen molar-refractivity contribution in [1.82, 2.24) is 4.72 Å². The standard InChI is InChI=1S/C12H17N3O2S2/c1-18-12-6-3-5-11(10(12)9-13)14-7-4-8-15-19(2,16)17/h3,5-6,14-15H,4,7-8H2,1-2H3. The molecule has 7 heteroatoms. The zero-order valence-corrected chi connectivity index (χ0v) is 12.6. The van der Waals surface area contributed by atoms with Gasteiger partial charge in [0.2, 0.25) is 10.0 Å². The number of nitrogens with zero attached hydrogens (tertiary/aromatic N) is 1. The highest BCUT2D eigenvalue weighted by atomic mass is 32.2. The quantitative estimate of drug-likeness (QED) is 0.591. The van der Waals surface area contributed by atoms with E-state index in [2.05, 4.69) is 16.1 Å². The van der Waals surface area contributed by atoms with E-state index >= 15 is 0 Å². The number of benzene rings is 1. The second-order valence-electron chi connectivity index (χ2n) is 3.94. The molecule has 0 aliphatic carbocycles. The van der Waals surface area contributed by atoms with E-state index < -0.39 is 10.0 Å². The van der Waals surface area contributed by atoms with E-state index in [1.165, 1.54) is 11.8 Å². The Hall–Kier alpha value is -1.23. The molecule has 0 unspecified atom stereocenters. The Bertz CT molecular complexity index is 565. The highest BCUT2D eigenvalue weighted by Gasteiger charge is 2.06. The Kier molecular flexibility index (Phi) is 6.15. The van der Waals surface area contributed by atoms with E-state index in [0.29, 0.717) is 25.1 Å². The van der Waals surface area contributed by atoms with Crippen LogP contribution in [0.4, 0.5) is 5.69 Å². The maximum atomic E-state index is 10.9. The summed E-state index contributed by atoms with van der Waals surface area (Å²) in [5, 5.41) is 12.3. The Labute approximate surface area is 118 Å². The number of nitriles is 1. The van der Waals surface area contributed by atoms with Gasteiger partial charge < -0.3 is 5.32 Å². The zero-order valence-electron chi connectivity index (χ0n) is 10.9. The maximum absolute atomic E-state index is 10.9. The monoisotopic (exact) mass is 299 g/mol. The van der Waals surface area contributed by atoms with E-state index in [0.717, 1.165) is 16.8 Å². The smallest absolute Gasteiger partial charge is 0.208 e. The predicted molar refractivity (Wildman–Crippen MR) is 78.9 cm³/mol. The number of sulfonamides is 1. The lowest BCUT2D eigenvalue weighted by molar-refractivity contribution is 0.586. The van der Waals surface area contributed by atoms with Gasteiger partial charge in [-0.25, -0.2) is 13.1 Å². The van der Waals surface area contributed by atoms with Gasteiger partial charge in [0.25, 0.3) is 0 Å². The van der Waals surface area contributed by atoms with Gasteiger partial charge in [-0.1, -0.05) is 6.07 Å². The lowest BCUT2D eigenvalue weighted by Crippen LogP contribution is -2.24. The van der Waals surface area contributed by atoms with Crippen molar-refractivity contribution in [3.63, 3.8) is 0 Å². The van der Waals surface area contributed by atoms with E-state index in [9.17, 15) is 8.42 Å². The molecule has 19 heavy (non-hydrogen) atoms. The highest BCUT2D eigenvalue weighted by molar-refractivity contribution is 7.98. The fourth-order valence-corrected chi connectivity index (χ4v) is 2.62. The first-order valence-electron chi connectivity index (χ1n) is 5.73. The van der Waals surface area contributed by atoms with Crippen molar-refractivity contribution < 1.29 is 8.42 Å². The van der Waals surface area contributed by atoms with Crippen LogP contribution in [0.2, 0.25) is 0 Å². The van der Waals surface area contributed by atoms with Crippen molar-refractivity contribution in [3.05, 3.63) is 23.8 Å². The summed E-state index contributed by atoms with van der Waals surface area (Å²) in [5.74, 6) is 0. The lowest BCUT2D eigenvalue weighted by atomic mass is 10.2. The van der Waals surface area contributed by atoms with Gasteiger partial charge >= 0.3 is 0 Å². The minimum Gasteiger partial charge on any atom is -0.384 e. The Morgan fingerprint density at radius 2 is 2.11 bits per heavy atom. The van der Waals surface area contributed by atoms with Crippen molar-refractivity contribution in [3.8, 4) is 6.07 Å². The van der Waals surface area contributed by atoms with Crippen LogP contribution in [0.5, 0.6) is 0 Å². The topological polar surface area (TPSA) is 82.0 Å². The van der Waals surface area contributed by atoms with Crippen molar-refractivity contribution in [1.29, 1.82) is 5.26 Å². The summed E-state index contributed by atoms with van der Waals surface area (Å²) < 4.78 is 24.2. The number of thioether (sulfide) groups is 1. The van der Waals surface area contributed by atoms with Gasteiger partial charge in [0.05, 0.1) is 17.5 Å². The van der Waals surface area contributed by atoms with Crippen molar-refractivity contribution in [2.45, 2.75) is 11.3 Å². The zero-order chi connectivity index (χ0) is 14.3. The molecule has 0 radical (unpaired) electrons. The molecule has 0 heterocycles. The van der Waals surface area contributed by atoms with Gasteiger partial charge in [-0.2, -0.15) is 5.26 Å². The van der Waals surface area contributed by atoms with Crippen LogP contribution in [0.15, 0.2) is 23.1 Å². The number of anilines is 1. The third-order valence-corrected chi connectivity index (χ3v) is 3.90. The van der Waals surface area contributed by atoms with Gasteiger partial charge in [0, 0.05) is 18.0 Å². The van der Waals surface area contributed by atoms with Gasteiger partial charge in [-0.05, 0) is 24.8 Å². The summed E-state index contributed by atoms with van der Waals surface area (Å²) in [6.45, 7) is 0.991. The average molecular weight is 299 g/mol. The molecule has 1 rings (SSSR count). The molecule has 0 fully saturated rings. The van der Waals surface area contributed by atoms with Crippen molar-refractivity contribution in [2.75, 3.05) is 30.9 Å². The summed E-state index contributed by atoms with van der Waals surface area (Å²) in [6, 6.07) is 7.83. The van der Waals surface area contributed by atoms with E-state index in [1.807, 2.05) is 24.5 Å². The van der Waals surface area contributed by atoms with Crippen LogP contribution in [0.25, 0.3) is 0 Å². The van der Waals surface area contributed by atoms with Crippen LogP contribution < -0.4 is 10.0 Å². The van der Waals surface area contributed by atoms with Gasteiger partial charge in [0.15, 0.2) is 0 Å². The minimum absolute atomic E-state index is 0.385. The molecule has 0 aliphatic rings. The number of nitrogens with one attached hydrogen (secondary N) is 2. The first-order valence-corrected chi connectivity index (χ1v) is 8.85. The molecule has 0 saturated heterocycles. The summed E-state index contributed by atoms with van der Waals surface area (Å²) >= 11 is 1.53. The van der Waals surface area contributed by atoms with Crippen LogP contribution >= 0.6 is 11.8 Å². The first-order chi connectivity index (χ1) is 8.98. The molecular formula is C12H17N3O2S2. The van der Waals surface area contributed by atoms with Gasteiger partial charge in [-0.15, -0.1) is 11.8 Å². The molecule has 0 aromatic heterocycles. The molecule has 2 N–H and O–H groups in total. The molecular weight excluding hydrogens is 282 g/mol. The SMILES string of the molecule is CSc1cccc(NCCCNS(C)(=O)=O)c1C#N. The fourth-order valence-electron chi connectivity index (χ4n) is 1.53. The van der Waals surface area contributed by atoms with Crippen molar-refractivity contribution >= 4 is 27.5 Å². The van der Waals surface area contributed by atoms with Crippen molar-refractivity contribution in [2.24, 2.45) is 0 Å². The average Bonchev–Trinajstić information content (AvgIpc) is 2.36. The van der Waals surface area contributed by atoms with E-state index in [-0.39, 0.29) is 0 Å². The third-order valence-electron chi connectivity index (χ3n) is 2.39. The summed E-state index contributed by atoms with van der Waals surface area (Å²) in [5.41, 5.74) is 1.42. The van der Waals surface area contributed by atoms with Crippen LogP contribution in [0.3, 0.4) is 0 Å². The molecule has 0 bridgehead atoms. The second kappa shape index (κ2) is 7.38. The Morgan fingerprint density at radius 3 is 2.68 bits per heavy atom. The Balaban J connectivity index is 2.52. The van der Waals surface area contributed by atoms with E-state index in [4.69, 9.17) is 5.26 Å². The van der Waals surface area contributed by atoms with Crippen LogP contribution in [-0.2, 0) is 10.0 Å².